The van der Waals surface area contributed by atoms with Crippen molar-refractivity contribution in [3.8, 4) is 11.5 Å². The summed E-state index contributed by atoms with van der Waals surface area (Å²) >= 11 is 0. The molecule has 0 unspecified atom stereocenters. The average molecular weight is 546 g/mol. The van der Waals surface area contributed by atoms with E-state index in [0.717, 1.165) is 51.5 Å². The summed E-state index contributed by atoms with van der Waals surface area (Å²) in [5.41, 5.74) is 4.47. The quantitative estimate of drug-likeness (QED) is 0.277. The molecule has 0 spiro atoms. The zero-order chi connectivity index (χ0) is 27.4. The summed E-state index contributed by atoms with van der Waals surface area (Å²) in [7, 11) is -3.37. The van der Waals surface area contributed by atoms with Crippen LogP contribution in [0.2, 0.25) is 0 Å². The molecule has 0 aliphatic heterocycles. The fraction of sp³-hybridized carbons (Fsp3) is 0.276. The number of carbonyl (C=O) groups is 1. The number of hydrogen-bond donors (Lipinski definition) is 2. The van der Waals surface area contributed by atoms with Gasteiger partial charge in [0.15, 0.2) is 15.7 Å². The second-order valence-electron chi connectivity index (χ2n) is 9.86. The molecule has 1 aliphatic rings. The van der Waals surface area contributed by atoms with Gasteiger partial charge in [-0.15, -0.1) is 0 Å². The first-order chi connectivity index (χ1) is 18.7. The molecular formula is C29H31N5O4S. The van der Waals surface area contributed by atoms with Crippen molar-refractivity contribution in [1.82, 2.24) is 19.9 Å². The minimum absolute atomic E-state index is 0.273. The molecule has 9 nitrogen and oxygen atoms in total. The first-order valence-corrected chi connectivity index (χ1v) is 14.9. The van der Waals surface area contributed by atoms with Gasteiger partial charge in [-0.3, -0.25) is 4.79 Å². The number of amides is 1. The van der Waals surface area contributed by atoms with Crippen LogP contribution in [-0.4, -0.2) is 47.4 Å². The van der Waals surface area contributed by atoms with Gasteiger partial charge < -0.3 is 19.9 Å². The van der Waals surface area contributed by atoms with Crippen LogP contribution in [0.25, 0.3) is 17.1 Å². The third-order valence-corrected chi connectivity index (χ3v) is 7.11. The van der Waals surface area contributed by atoms with Gasteiger partial charge in [0.25, 0.3) is 0 Å². The van der Waals surface area contributed by atoms with Crippen molar-refractivity contribution >= 4 is 44.4 Å². The predicted molar refractivity (Wildman–Crippen MR) is 153 cm³/mol. The molecule has 2 aromatic heterocycles. The number of anilines is 2. The Morgan fingerprint density at radius 2 is 2.00 bits per heavy atom. The molecule has 10 heteroatoms. The lowest BCUT2D eigenvalue weighted by Crippen LogP contribution is -2.32. The monoisotopic (exact) mass is 545 g/mol. The second-order valence-corrected chi connectivity index (χ2v) is 12.0. The standard InChI is InChI=1S/C29H31N5O4S/c1-20-16-23(10-11-26(20)38-24-5-3-4-22(17-24)9-8-21-6-7-21)33-29-28-25(31-19-32-29)12-14-34(28)15-13-30-27(35)18-39(2,36)37/h3-5,8-12,14,16-17,19,21H,6-7,13,15,18H2,1-2H3,(H,30,35)(H,31,32,33)/b9-8+. The molecule has 1 fully saturated rings. The first-order valence-electron chi connectivity index (χ1n) is 12.8. The van der Waals surface area contributed by atoms with E-state index in [4.69, 9.17) is 4.74 Å². The molecule has 0 bridgehead atoms. The van der Waals surface area contributed by atoms with Crippen LogP contribution in [0, 0.1) is 12.8 Å². The molecule has 1 saturated carbocycles. The summed E-state index contributed by atoms with van der Waals surface area (Å²) in [6, 6.07) is 15.8. The van der Waals surface area contributed by atoms with E-state index in [1.165, 1.54) is 19.2 Å². The highest BCUT2D eigenvalue weighted by Gasteiger charge is 2.17. The Balaban J connectivity index is 1.27. The topological polar surface area (TPSA) is 115 Å². The molecule has 0 radical (unpaired) electrons. The number of benzene rings is 2. The fourth-order valence-corrected chi connectivity index (χ4v) is 4.82. The molecule has 1 aliphatic carbocycles. The van der Waals surface area contributed by atoms with Crippen molar-refractivity contribution in [2.45, 2.75) is 26.3 Å². The number of aromatic nitrogens is 3. The smallest absolute Gasteiger partial charge is 0.235 e. The average Bonchev–Trinajstić information content (AvgIpc) is 3.62. The zero-order valence-corrected chi connectivity index (χ0v) is 22.7. The molecule has 0 saturated heterocycles. The Morgan fingerprint density at radius 3 is 2.77 bits per heavy atom. The zero-order valence-electron chi connectivity index (χ0n) is 21.9. The Labute approximate surface area is 227 Å². The fourth-order valence-electron chi connectivity index (χ4n) is 4.24. The van der Waals surface area contributed by atoms with E-state index in [2.05, 4.69) is 38.8 Å². The third kappa shape index (κ3) is 7.23. The number of nitrogens with zero attached hydrogens (tertiary/aromatic N) is 3. The van der Waals surface area contributed by atoms with Crippen LogP contribution in [0.15, 0.2) is 67.1 Å². The lowest BCUT2D eigenvalue weighted by molar-refractivity contribution is -0.118. The van der Waals surface area contributed by atoms with Crippen LogP contribution in [0.5, 0.6) is 11.5 Å². The van der Waals surface area contributed by atoms with Crippen LogP contribution in [0.4, 0.5) is 11.5 Å². The van der Waals surface area contributed by atoms with E-state index in [-0.39, 0.29) is 6.54 Å². The van der Waals surface area contributed by atoms with E-state index in [9.17, 15) is 13.2 Å². The maximum absolute atomic E-state index is 11.9. The van der Waals surface area contributed by atoms with Crippen LogP contribution >= 0.6 is 0 Å². The summed E-state index contributed by atoms with van der Waals surface area (Å²) < 4.78 is 30.8. The number of hydrogen-bond acceptors (Lipinski definition) is 7. The van der Waals surface area contributed by atoms with Crippen molar-refractivity contribution in [1.29, 1.82) is 0 Å². The predicted octanol–water partition coefficient (Wildman–Crippen LogP) is 4.86. The second kappa shape index (κ2) is 11.3. The molecule has 2 aromatic carbocycles. The summed E-state index contributed by atoms with van der Waals surface area (Å²) in [6.45, 7) is 2.70. The number of allylic oxidation sites excluding steroid dienone is 1. The number of sulfone groups is 1. The first kappa shape index (κ1) is 26.4. The van der Waals surface area contributed by atoms with Crippen molar-refractivity contribution in [3.05, 3.63) is 78.3 Å². The summed E-state index contributed by atoms with van der Waals surface area (Å²) in [5.74, 6) is 1.85. The largest absolute Gasteiger partial charge is 0.457 e. The van der Waals surface area contributed by atoms with Gasteiger partial charge in [-0.05, 0) is 73.2 Å². The number of aryl methyl sites for hydroxylation is 1. The SMILES string of the molecule is Cc1cc(Nc2ncnc3ccn(CCNC(=O)CS(C)(=O)=O)c23)ccc1Oc1cccc(/C=C/C2CC2)c1. The van der Waals surface area contributed by atoms with Crippen molar-refractivity contribution in [3.63, 3.8) is 0 Å². The molecule has 0 atom stereocenters. The Morgan fingerprint density at radius 1 is 1.15 bits per heavy atom. The summed E-state index contributed by atoms with van der Waals surface area (Å²) in [5, 5.41) is 6.02. The maximum atomic E-state index is 11.9. The Kier molecular flexibility index (Phi) is 7.65. The third-order valence-electron chi connectivity index (χ3n) is 6.32. The highest BCUT2D eigenvalue weighted by Crippen LogP contribution is 2.32. The number of nitrogens with one attached hydrogen (secondary N) is 2. The molecule has 202 valence electrons. The molecule has 5 rings (SSSR count). The van der Waals surface area contributed by atoms with Gasteiger partial charge >= 0.3 is 0 Å². The van der Waals surface area contributed by atoms with E-state index >= 15 is 0 Å². The maximum Gasteiger partial charge on any atom is 0.235 e. The normalized spacial score (nSPS) is 13.6. The van der Waals surface area contributed by atoms with Crippen LogP contribution in [0.1, 0.15) is 24.0 Å². The van der Waals surface area contributed by atoms with Crippen LogP contribution < -0.4 is 15.4 Å². The van der Waals surface area contributed by atoms with Crippen molar-refractivity contribution < 1.29 is 17.9 Å². The number of rotatable bonds is 11. The molecule has 4 aromatic rings. The molecular weight excluding hydrogens is 514 g/mol. The summed E-state index contributed by atoms with van der Waals surface area (Å²) in [4.78, 5) is 20.6. The molecule has 1 amide bonds. The van der Waals surface area contributed by atoms with Gasteiger partial charge in [0.1, 0.15) is 29.1 Å². The molecule has 2 heterocycles. The summed E-state index contributed by atoms with van der Waals surface area (Å²) in [6.07, 6.45) is 11.4. The van der Waals surface area contributed by atoms with Crippen LogP contribution in [0.3, 0.4) is 0 Å². The van der Waals surface area contributed by atoms with Gasteiger partial charge in [-0.25, -0.2) is 18.4 Å². The number of carbonyl (C=O) groups excluding carboxylic acids is 1. The lowest BCUT2D eigenvalue weighted by Gasteiger charge is -2.13. The van der Waals surface area contributed by atoms with Crippen molar-refractivity contribution in [2.75, 3.05) is 23.9 Å². The number of ether oxygens (including phenoxy) is 1. The van der Waals surface area contributed by atoms with E-state index < -0.39 is 21.5 Å². The van der Waals surface area contributed by atoms with Crippen molar-refractivity contribution in [2.24, 2.45) is 5.92 Å². The number of fused-ring (bicyclic) bond motifs is 1. The van der Waals surface area contributed by atoms with E-state index in [0.29, 0.717) is 12.4 Å². The lowest BCUT2D eigenvalue weighted by atomic mass is 10.1. The van der Waals surface area contributed by atoms with Gasteiger partial charge in [-0.1, -0.05) is 24.3 Å². The van der Waals surface area contributed by atoms with Gasteiger partial charge in [0.2, 0.25) is 5.91 Å². The Bertz CT molecular complexity index is 1640. The van der Waals surface area contributed by atoms with Crippen LogP contribution in [-0.2, 0) is 21.2 Å². The van der Waals surface area contributed by atoms with E-state index in [1.54, 1.807) is 0 Å². The van der Waals surface area contributed by atoms with Gasteiger partial charge in [0.05, 0.1) is 5.52 Å². The van der Waals surface area contributed by atoms with Gasteiger partial charge in [-0.2, -0.15) is 0 Å². The minimum Gasteiger partial charge on any atom is -0.457 e. The van der Waals surface area contributed by atoms with E-state index in [1.807, 2.05) is 60.2 Å². The highest BCUT2D eigenvalue weighted by atomic mass is 32.2. The molecule has 2 N–H and O–H groups in total. The minimum atomic E-state index is -3.37. The molecule has 39 heavy (non-hydrogen) atoms. The van der Waals surface area contributed by atoms with Gasteiger partial charge in [0, 0.05) is 31.2 Å². The highest BCUT2D eigenvalue weighted by molar-refractivity contribution is 7.91. The Hall–Kier alpha value is -4.18.